The Balaban J connectivity index is 1.23. The van der Waals surface area contributed by atoms with E-state index in [1.807, 2.05) is 0 Å². The lowest BCUT2D eigenvalue weighted by Crippen LogP contribution is -2.49. The number of nitrogens with one attached hydrogen (secondary N) is 1. The molecule has 7 nitrogen and oxygen atoms in total. The van der Waals surface area contributed by atoms with Crippen molar-refractivity contribution in [1.82, 2.24) is 4.90 Å². The second-order valence-corrected chi connectivity index (χ2v) is 9.09. The minimum atomic E-state index is -0.382. The predicted octanol–water partition coefficient (Wildman–Crippen LogP) is 2.71. The number of esters is 1. The summed E-state index contributed by atoms with van der Waals surface area (Å²) < 4.78 is 10.5. The first kappa shape index (κ1) is 20.7. The summed E-state index contributed by atoms with van der Waals surface area (Å²) in [5.74, 6) is 2.07. The summed E-state index contributed by atoms with van der Waals surface area (Å²) >= 11 is 0. The molecule has 0 spiro atoms. The number of rotatable bonds is 7. The number of amides is 2. The number of carbonyl (C=O) groups is 3. The Morgan fingerprint density at radius 1 is 1.07 bits per heavy atom. The van der Waals surface area contributed by atoms with Crippen molar-refractivity contribution < 1.29 is 23.9 Å². The number of benzene rings is 1. The summed E-state index contributed by atoms with van der Waals surface area (Å²) in [6.45, 7) is -0.434. The van der Waals surface area contributed by atoms with Crippen LogP contribution in [0.3, 0.4) is 0 Å². The number of ether oxygens (including phenoxy) is 2. The highest BCUT2D eigenvalue weighted by atomic mass is 16.5. The highest BCUT2D eigenvalue weighted by Crippen LogP contribution is 2.56. The van der Waals surface area contributed by atoms with Gasteiger partial charge in [0.25, 0.3) is 5.91 Å². The molecule has 4 aliphatic carbocycles. The van der Waals surface area contributed by atoms with E-state index in [1.54, 1.807) is 31.4 Å². The van der Waals surface area contributed by atoms with E-state index < -0.39 is 0 Å². The lowest BCUT2D eigenvalue weighted by atomic mass is 9.52. The molecule has 2 amide bonds. The van der Waals surface area contributed by atoms with E-state index in [4.69, 9.17) is 9.47 Å². The van der Waals surface area contributed by atoms with Gasteiger partial charge in [-0.2, -0.15) is 0 Å². The van der Waals surface area contributed by atoms with Gasteiger partial charge in [-0.05, 0) is 67.9 Å². The molecule has 0 radical (unpaired) electrons. The van der Waals surface area contributed by atoms with Crippen LogP contribution in [-0.4, -0.2) is 50.0 Å². The van der Waals surface area contributed by atoms with Crippen molar-refractivity contribution in [1.29, 1.82) is 0 Å². The molecule has 0 aliphatic heterocycles. The molecule has 4 aliphatic rings. The third-order valence-electron chi connectivity index (χ3n) is 7.00. The van der Waals surface area contributed by atoms with Gasteiger partial charge in [-0.15, -0.1) is 0 Å². The Morgan fingerprint density at radius 3 is 2.37 bits per heavy atom. The zero-order chi connectivity index (χ0) is 21.3. The number of anilines is 1. The summed E-state index contributed by atoms with van der Waals surface area (Å²) in [6.07, 6.45) is 5.85. The quantitative estimate of drug-likeness (QED) is 0.694. The lowest BCUT2D eigenvalue weighted by Gasteiger charge is -2.53. The standard InChI is InChI=1S/C23H30N2O5/c1-25(12-20(26)24-18-4-3-5-19(11-18)29-2)21(27)13-30-23(28)22-16-7-14-6-15(9-16)10-17(22)8-14/h3-5,11,14-17,22H,6-10,12-13H2,1-2H3,(H,24,26). The van der Waals surface area contributed by atoms with E-state index in [1.165, 1.54) is 18.4 Å². The van der Waals surface area contributed by atoms with Crippen molar-refractivity contribution in [3.8, 4) is 5.75 Å². The Morgan fingerprint density at radius 2 is 1.73 bits per heavy atom. The summed E-state index contributed by atoms with van der Waals surface area (Å²) in [7, 11) is 3.09. The average molecular weight is 415 g/mol. The van der Waals surface area contributed by atoms with E-state index in [9.17, 15) is 14.4 Å². The van der Waals surface area contributed by atoms with Crippen LogP contribution in [0.25, 0.3) is 0 Å². The molecule has 162 valence electrons. The maximum absolute atomic E-state index is 12.7. The highest BCUT2D eigenvalue weighted by Gasteiger charge is 2.51. The Labute approximate surface area is 177 Å². The van der Waals surface area contributed by atoms with Crippen LogP contribution in [0, 0.1) is 29.6 Å². The van der Waals surface area contributed by atoms with Gasteiger partial charge in [-0.25, -0.2) is 0 Å². The molecular formula is C23H30N2O5. The summed E-state index contributed by atoms with van der Waals surface area (Å²) in [4.78, 5) is 38.6. The van der Waals surface area contributed by atoms with Crippen LogP contribution < -0.4 is 10.1 Å². The van der Waals surface area contributed by atoms with Gasteiger partial charge in [0.05, 0.1) is 19.6 Å². The number of hydrogen-bond donors (Lipinski definition) is 1. The molecule has 1 aromatic rings. The van der Waals surface area contributed by atoms with Gasteiger partial charge < -0.3 is 19.7 Å². The Bertz CT molecular complexity index is 796. The summed E-state index contributed by atoms with van der Waals surface area (Å²) in [6, 6.07) is 7.00. The number of hydrogen-bond acceptors (Lipinski definition) is 5. The smallest absolute Gasteiger partial charge is 0.310 e. The van der Waals surface area contributed by atoms with Crippen molar-refractivity contribution in [3.05, 3.63) is 24.3 Å². The molecule has 0 aromatic heterocycles. The molecule has 0 heterocycles. The molecule has 30 heavy (non-hydrogen) atoms. The average Bonchev–Trinajstić information content (AvgIpc) is 2.71. The van der Waals surface area contributed by atoms with Crippen LogP contribution in [0.15, 0.2) is 24.3 Å². The molecule has 7 heteroatoms. The maximum atomic E-state index is 12.7. The fraction of sp³-hybridized carbons (Fsp3) is 0.609. The summed E-state index contributed by atoms with van der Waals surface area (Å²) in [5.41, 5.74) is 0.591. The van der Waals surface area contributed by atoms with Crippen molar-refractivity contribution in [2.24, 2.45) is 29.6 Å². The van der Waals surface area contributed by atoms with E-state index in [0.717, 1.165) is 37.5 Å². The Kier molecular flexibility index (Phi) is 5.97. The minimum Gasteiger partial charge on any atom is -0.497 e. The summed E-state index contributed by atoms with van der Waals surface area (Å²) in [5, 5.41) is 2.73. The SMILES string of the molecule is COc1cccc(NC(=O)CN(C)C(=O)COC(=O)C2C3CC4CC(C3)CC2C4)c1. The number of methoxy groups -OCH3 is 1. The van der Waals surface area contributed by atoms with Crippen LogP contribution in [0.2, 0.25) is 0 Å². The van der Waals surface area contributed by atoms with Gasteiger partial charge in [0.1, 0.15) is 5.75 Å². The molecule has 4 fully saturated rings. The van der Waals surface area contributed by atoms with Gasteiger partial charge >= 0.3 is 5.97 Å². The molecule has 0 unspecified atom stereocenters. The van der Waals surface area contributed by atoms with Crippen molar-refractivity contribution in [2.75, 3.05) is 32.6 Å². The third kappa shape index (κ3) is 4.45. The monoisotopic (exact) mass is 414 g/mol. The van der Waals surface area contributed by atoms with Crippen LogP contribution in [-0.2, 0) is 19.1 Å². The molecule has 5 rings (SSSR count). The van der Waals surface area contributed by atoms with E-state index in [0.29, 0.717) is 23.3 Å². The van der Waals surface area contributed by atoms with Gasteiger partial charge in [0.15, 0.2) is 6.61 Å². The third-order valence-corrected chi connectivity index (χ3v) is 7.00. The fourth-order valence-electron chi connectivity index (χ4n) is 5.85. The van der Waals surface area contributed by atoms with Gasteiger partial charge in [-0.3, -0.25) is 14.4 Å². The van der Waals surface area contributed by atoms with Crippen molar-refractivity contribution in [3.63, 3.8) is 0 Å². The molecule has 1 N–H and O–H groups in total. The van der Waals surface area contributed by atoms with Gasteiger partial charge in [-0.1, -0.05) is 6.07 Å². The molecular weight excluding hydrogens is 384 g/mol. The van der Waals surface area contributed by atoms with Crippen molar-refractivity contribution in [2.45, 2.75) is 32.1 Å². The van der Waals surface area contributed by atoms with Crippen LogP contribution in [0.1, 0.15) is 32.1 Å². The second-order valence-electron chi connectivity index (χ2n) is 9.09. The van der Waals surface area contributed by atoms with Crippen molar-refractivity contribution >= 4 is 23.5 Å². The topological polar surface area (TPSA) is 84.9 Å². The molecule has 0 saturated heterocycles. The number of likely N-dealkylation sites (N-methyl/N-ethyl adjacent to an activating group) is 1. The molecule has 0 atom stereocenters. The zero-order valence-electron chi connectivity index (χ0n) is 17.6. The fourth-order valence-corrected chi connectivity index (χ4v) is 5.85. The first-order valence-corrected chi connectivity index (χ1v) is 10.8. The molecule has 1 aromatic carbocycles. The highest BCUT2D eigenvalue weighted by molar-refractivity contribution is 5.95. The Hall–Kier alpha value is -2.57. The van der Waals surface area contributed by atoms with Gasteiger partial charge in [0, 0.05) is 18.8 Å². The van der Waals surface area contributed by atoms with E-state index in [-0.39, 0.29) is 36.9 Å². The van der Waals surface area contributed by atoms with E-state index in [2.05, 4.69) is 5.32 Å². The minimum absolute atomic E-state index is 0.0488. The van der Waals surface area contributed by atoms with E-state index >= 15 is 0 Å². The molecule has 4 bridgehead atoms. The second kappa shape index (κ2) is 8.66. The number of nitrogens with zero attached hydrogens (tertiary/aromatic N) is 1. The van der Waals surface area contributed by atoms with Gasteiger partial charge in [0.2, 0.25) is 5.91 Å². The van der Waals surface area contributed by atoms with Crippen LogP contribution in [0.5, 0.6) is 5.75 Å². The van der Waals surface area contributed by atoms with Crippen LogP contribution in [0.4, 0.5) is 5.69 Å². The molecule has 4 saturated carbocycles. The lowest BCUT2D eigenvalue weighted by molar-refractivity contribution is -0.166. The van der Waals surface area contributed by atoms with Crippen LogP contribution >= 0.6 is 0 Å². The normalized spacial score (nSPS) is 28.7. The first-order valence-electron chi connectivity index (χ1n) is 10.8. The number of carbonyl (C=O) groups excluding carboxylic acids is 3. The maximum Gasteiger partial charge on any atom is 0.310 e. The zero-order valence-corrected chi connectivity index (χ0v) is 17.6. The predicted molar refractivity (Wildman–Crippen MR) is 111 cm³/mol. The first-order chi connectivity index (χ1) is 14.4. The largest absolute Gasteiger partial charge is 0.497 e.